The van der Waals surface area contributed by atoms with Gasteiger partial charge < -0.3 is 10.2 Å². The van der Waals surface area contributed by atoms with Gasteiger partial charge in [-0.15, -0.1) is 0 Å². The van der Waals surface area contributed by atoms with Gasteiger partial charge in [-0.1, -0.05) is 140 Å². The van der Waals surface area contributed by atoms with Crippen LogP contribution in [0.4, 0.5) is 0 Å². The average Bonchev–Trinajstić information content (AvgIpc) is 2.89. The minimum absolute atomic E-state index is 0.0275. The molecular weight excluding hydrogens is 536 g/mol. The molecule has 2 aliphatic rings. The number of rotatable bonds is 10. The van der Waals surface area contributed by atoms with E-state index in [1.54, 1.807) is 0 Å². The standard InChI is InChI=1S/C27H38O.C15H26O/c1-8-12-21(2)13-9-10-14-22(3)15-11-16-23(4)17-18-26-24(5)19-25(28)20-27(26,6)7;1-6-11(2)7-8-14-12(3)9-13(16)10-15(14,4)5/h8-18,25,28H,19-20H2,1-7H3;6,9,13-14,16H,7-8,10H2,1-5H3/b10-9+,12-8+,15-11+,18-17+,21-13+,22-14+,23-16+;11-6+/t25-;13-,14?/m11/s1. The van der Waals surface area contributed by atoms with E-state index < -0.39 is 0 Å². The predicted molar refractivity (Wildman–Crippen MR) is 196 cm³/mol. The minimum atomic E-state index is -0.242. The third kappa shape index (κ3) is 14.4. The van der Waals surface area contributed by atoms with Crippen molar-refractivity contribution < 1.29 is 10.2 Å². The van der Waals surface area contributed by atoms with Crippen LogP contribution in [0.3, 0.4) is 0 Å². The predicted octanol–water partition coefficient (Wildman–Crippen LogP) is 11.7. The maximum Gasteiger partial charge on any atom is 0.0728 e. The highest BCUT2D eigenvalue weighted by Crippen LogP contribution is 2.44. The molecule has 0 saturated carbocycles. The van der Waals surface area contributed by atoms with E-state index in [1.165, 1.54) is 51.9 Å². The molecule has 0 aromatic heterocycles. The lowest BCUT2D eigenvalue weighted by Gasteiger charge is -2.40. The lowest BCUT2D eigenvalue weighted by atomic mass is 9.66. The molecule has 0 fully saturated rings. The van der Waals surface area contributed by atoms with Crippen molar-refractivity contribution in [2.45, 2.75) is 127 Å². The number of allylic oxidation sites excluding steroid dienone is 18. The van der Waals surface area contributed by atoms with Crippen LogP contribution in [0.25, 0.3) is 0 Å². The molecule has 0 bridgehead atoms. The molecule has 0 heterocycles. The van der Waals surface area contributed by atoms with Crippen LogP contribution in [0.15, 0.2) is 118 Å². The van der Waals surface area contributed by atoms with Crippen LogP contribution in [-0.4, -0.2) is 22.4 Å². The van der Waals surface area contributed by atoms with Gasteiger partial charge in [-0.3, -0.25) is 0 Å². The first-order valence-corrected chi connectivity index (χ1v) is 16.6. The van der Waals surface area contributed by atoms with E-state index in [-0.39, 0.29) is 23.0 Å². The van der Waals surface area contributed by atoms with Crippen LogP contribution in [-0.2, 0) is 0 Å². The van der Waals surface area contributed by atoms with E-state index in [9.17, 15) is 10.2 Å². The Kier molecular flexibility index (Phi) is 17.0. The molecule has 244 valence electrons. The summed E-state index contributed by atoms with van der Waals surface area (Å²) in [6.45, 7) is 25.9. The summed E-state index contributed by atoms with van der Waals surface area (Å²) in [5.74, 6) is 0.616. The molecule has 2 N–H and O–H groups in total. The van der Waals surface area contributed by atoms with Crippen molar-refractivity contribution in [1.29, 1.82) is 0 Å². The second-order valence-electron chi connectivity index (χ2n) is 14.3. The maximum absolute atomic E-state index is 10.0. The lowest BCUT2D eigenvalue weighted by molar-refractivity contribution is 0.0983. The fraction of sp³-hybridized carbons (Fsp3) is 0.524. The van der Waals surface area contributed by atoms with E-state index in [2.05, 4.69) is 143 Å². The van der Waals surface area contributed by atoms with Gasteiger partial charge in [0.25, 0.3) is 0 Å². The van der Waals surface area contributed by atoms with Gasteiger partial charge in [-0.2, -0.15) is 0 Å². The van der Waals surface area contributed by atoms with Gasteiger partial charge in [0.1, 0.15) is 0 Å². The highest BCUT2D eigenvalue weighted by Gasteiger charge is 2.35. The molecule has 0 spiro atoms. The first kappa shape index (κ1) is 39.3. The van der Waals surface area contributed by atoms with Crippen molar-refractivity contribution in [2.75, 3.05) is 0 Å². The SMILES string of the molecule is C/C=C(\C)CCC1C(C)=C[C@@H](O)CC1(C)C.C/C=C/C(C)=C/C=C/C=C(C)/C=C/C=C(C)/C=C/C1=C(C)C[C@@H](O)CC1(C)C. The van der Waals surface area contributed by atoms with Crippen molar-refractivity contribution >= 4 is 0 Å². The molecule has 1 unspecified atom stereocenters. The topological polar surface area (TPSA) is 40.5 Å². The highest BCUT2D eigenvalue weighted by atomic mass is 16.3. The molecule has 0 aromatic rings. The van der Waals surface area contributed by atoms with Gasteiger partial charge in [0, 0.05) is 0 Å². The van der Waals surface area contributed by atoms with Crippen molar-refractivity contribution in [3.8, 4) is 0 Å². The zero-order valence-electron chi connectivity index (χ0n) is 30.2. The summed E-state index contributed by atoms with van der Waals surface area (Å²) in [6.07, 6.45) is 31.9. The minimum Gasteiger partial charge on any atom is -0.393 e. The summed E-state index contributed by atoms with van der Waals surface area (Å²) in [6, 6.07) is 0. The Hall–Kier alpha value is -2.68. The van der Waals surface area contributed by atoms with Crippen molar-refractivity contribution in [3.05, 3.63) is 118 Å². The third-order valence-electron chi connectivity index (χ3n) is 8.97. The second-order valence-corrected chi connectivity index (χ2v) is 14.3. The van der Waals surface area contributed by atoms with Gasteiger partial charge >= 0.3 is 0 Å². The number of aliphatic hydroxyl groups excluding tert-OH is 2. The van der Waals surface area contributed by atoms with Gasteiger partial charge in [-0.05, 0) is 110 Å². The van der Waals surface area contributed by atoms with E-state index in [0.29, 0.717) is 5.92 Å². The Morgan fingerprint density at radius 3 is 1.93 bits per heavy atom. The van der Waals surface area contributed by atoms with Crippen LogP contribution >= 0.6 is 0 Å². The van der Waals surface area contributed by atoms with E-state index >= 15 is 0 Å². The summed E-state index contributed by atoms with van der Waals surface area (Å²) < 4.78 is 0. The fourth-order valence-electron chi connectivity index (χ4n) is 6.50. The smallest absolute Gasteiger partial charge is 0.0728 e. The second kappa shape index (κ2) is 19.0. The molecule has 2 heteroatoms. The van der Waals surface area contributed by atoms with Crippen LogP contribution in [0, 0.1) is 16.7 Å². The molecular formula is C42H64O2. The normalized spacial score (nSPS) is 25.3. The number of hydrogen-bond acceptors (Lipinski definition) is 2. The third-order valence-corrected chi connectivity index (χ3v) is 8.97. The molecule has 0 saturated heterocycles. The highest BCUT2D eigenvalue weighted by molar-refractivity contribution is 5.38. The zero-order valence-corrected chi connectivity index (χ0v) is 30.2. The summed E-state index contributed by atoms with van der Waals surface area (Å²) in [7, 11) is 0. The number of aliphatic hydroxyl groups is 2. The Balaban J connectivity index is 0.000000511. The Morgan fingerprint density at radius 2 is 1.39 bits per heavy atom. The molecule has 2 nitrogen and oxygen atoms in total. The van der Waals surface area contributed by atoms with Gasteiger partial charge in [-0.25, -0.2) is 0 Å². The molecule has 0 amide bonds. The zero-order chi connectivity index (χ0) is 33.5. The quantitative estimate of drug-likeness (QED) is 0.193. The Labute approximate surface area is 271 Å². The average molecular weight is 601 g/mol. The summed E-state index contributed by atoms with van der Waals surface area (Å²) in [5.41, 5.74) is 9.42. The molecule has 2 rings (SSSR count). The molecule has 44 heavy (non-hydrogen) atoms. The van der Waals surface area contributed by atoms with Crippen LogP contribution in [0.1, 0.15) is 115 Å². The van der Waals surface area contributed by atoms with Gasteiger partial charge in [0.05, 0.1) is 12.2 Å². The molecule has 0 aromatic carbocycles. The molecule has 0 aliphatic heterocycles. The lowest BCUT2D eigenvalue weighted by Crippen LogP contribution is -2.33. The van der Waals surface area contributed by atoms with E-state index in [1.807, 2.05) is 19.1 Å². The molecule has 2 aliphatic carbocycles. The van der Waals surface area contributed by atoms with Crippen LogP contribution < -0.4 is 0 Å². The maximum atomic E-state index is 10.0. The first-order valence-electron chi connectivity index (χ1n) is 16.6. The van der Waals surface area contributed by atoms with Crippen molar-refractivity contribution in [3.63, 3.8) is 0 Å². The fourth-order valence-corrected chi connectivity index (χ4v) is 6.50. The van der Waals surface area contributed by atoms with Gasteiger partial charge in [0.15, 0.2) is 0 Å². The molecule has 0 radical (unpaired) electrons. The van der Waals surface area contributed by atoms with Crippen LogP contribution in [0.5, 0.6) is 0 Å². The number of hydrogen-bond donors (Lipinski definition) is 2. The summed E-state index contributed by atoms with van der Waals surface area (Å²) >= 11 is 0. The van der Waals surface area contributed by atoms with Gasteiger partial charge in [0.2, 0.25) is 0 Å². The van der Waals surface area contributed by atoms with Crippen LogP contribution in [0.2, 0.25) is 0 Å². The van der Waals surface area contributed by atoms with E-state index in [4.69, 9.17) is 0 Å². The summed E-state index contributed by atoms with van der Waals surface area (Å²) in [4.78, 5) is 0. The first-order chi connectivity index (χ1) is 20.5. The summed E-state index contributed by atoms with van der Waals surface area (Å²) in [5, 5.41) is 19.8. The molecule has 3 atom stereocenters. The Bertz CT molecular complexity index is 1230. The largest absolute Gasteiger partial charge is 0.393 e. The van der Waals surface area contributed by atoms with E-state index in [0.717, 1.165) is 19.3 Å². The van der Waals surface area contributed by atoms with Crippen molar-refractivity contribution in [1.82, 2.24) is 0 Å². The monoisotopic (exact) mass is 600 g/mol. The Morgan fingerprint density at radius 1 is 0.818 bits per heavy atom. The van der Waals surface area contributed by atoms with Crippen molar-refractivity contribution in [2.24, 2.45) is 16.7 Å².